The van der Waals surface area contributed by atoms with Crippen molar-refractivity contribution in [2.45, 2.75) is 27.1 Å². The Morgan fingerprint density at radius 1 is 1.60 bits per heavy atom. The molecule has 15 heavy (non-hydrogen) atoms. The van der Waals surface area contributed by atoms with Crippen LogP contribution in [0, 0.1) is 0 Å². The van der Waals surface area contributed by atoms with E-state index in [1.807, 2.05) is 20.8 Å². The predicted octanol–water partition coefficient (Wildman–Crippen LogP) is 1.77. The number of nitrogens with zero attached hydrogens (tertiary/aromatic N) is 1. The zero-order chi connectivity index (χ0) is 11.7. The van der Waals surface area contributed by atoms with Gasteiger partial charge in [-0.2, -0.15) is 0 Å². The van der Waals surface area contributed by atoms with Gasteiger partial charge in [-0.1, -0.05) is 13.8 Å². The Morgan fingerprint density at radius 2 is 2.27 bits per heavy atom. The number of carbonyl (C=O) groups is 1. The van der Waals surface area contributed by atoms with Crippen molar-refractivity contribution >= 4 is 13.8 Å². The van der Waals surface area contributed by atoms with Gasteiger partial charge < -0.3 is 5.32 Å². The molecule has 0 saturated carbocycles. The number of hydrogen-bond acceptors (Lipinski definition) is 2. The zero-order valence-corrected chi connectivity index (χ0v) is 9.58. The molecule has 4 heteroatoms. The van der Waals surface area contributed by atoms with Gasteiger partial charge in [0, 0.05) is 25.4 Å². The van der Waals surface area contributed by atoms with Crippen molar-refractivity contribution in [1.29, 1.82) is 0 Å². The highest BCUT2D eigenvalue weighted by Gasteiger charge is 2.03. The molecule has 0 aromatic carbocycles. The molecule has 0 unspecified atom stereocenters. The first kappa shape index (κ1) is 13.7. The zero-order valence-electron chi connectivity index (χ0n) is 9.58. The van der Waals surface area contributed by atoms with Gasteiger partial charge in [-0.15, -0.1) is 0 Å². The van der Waals surface area contributed by atoms with Crippen LogP contribution >= 0.6 is 0 Å². The van der Waals surface area contributed by atoms with E-state index in [-0.39, 0.29) is 7.33 Å². The Morgan fingerprint density at radius 3 is 2.80 bits per heavy atom. The minimum Gasteiger partial charge on any atom is -0.352 e. The van der Waals surface area contributed by atoms with Crippen LogP contribution in [0.15, 0.2) is 18.3 Å². The Labute approximate surface area is 94.2 Å². The fraction of sp³-hybridized carbons (Fsp3) is 0.455. The molecule has 2 radical (unpaired) electrons. The highest BCUT2D eigenvalue weighted by molar-refractivity contribution is 6.08. The lowest BCUT2D eigenvalue weighted by atomic mass is 10.0. The van der Waals surface area contributed by atoms with Crippen LogP contribution in [0.3, 0.4) is 0 Å². The first-order chi connectivity index (χ1) is 7.27. The van der Waals surface area contributed by atoms with E-state index in [0.29, 0.717) is 18.4 Å². The molecule has 1 heterocycles. The van der Waals surface area contributed by atoms with Crippen molar-refractivity contribution in [1.82, 2.24) is 10.3 Å². The lowest BCUT2D eigenvalue weighted by molar-refractivity contribution is 0.0955. The summed E-state index contributed by atoms with van der Waals surface area (Å²) in [5, 5.41) is 2.71. The van der Waals surface area contributed by atoms with Crippen LogP contribution in [0.2, 0.25) is 0 Å². The molecule has 1 aromatic rings. The number of rotatable bonds is 3. The van der Waals surface area contributed by atoms with Crippen molar-refractivity contribution in [2.75, 3.05) is 6.54 Å². The standard InChI is InChI=1S/C9H11BN2O.C2H6.H2/c1-2-11-9(13)7-3-4-12-8(5-7)6-10;1-2;/h3-5H,2,6H2,1H3,(H,11,13);1-2H3;1H. The van der Waals surface area contributed by atoms with Crippen LogP contribution in [0.5, 0.6) is 0 Å². The van der Waals surface area contributed by atoms with E-state index in [9.17, 15) is 4.79 Å². The van der Waals surface area contributed by atoms with Gasteiger partial charge in [0.05, 0.1) is 7.85 Å². The Balaban J connectivity index is 0. The average Bonchev–Trinajstić information content (AvgIpc) is 2.32. The molecule has 1 N–H and O–H groups in total. The van der Waals surface area contributed by atoms with Gasteiger partial charge in [0.25, 0.3) is 5.91 Å². The summed E-state index contributed by atoms with van der Waals surface area (Å²) in [6, 6.07) is 3.37. The summed E-state index contributed by atoms with van der Waals surface area (Å²) in [7, 11) is 5.40. The maximum Gasteiger partial charge on any atom is 0.251 e. The molecule has 3 nitrogen and oxygen atoms in total. The van der Waals surface area contributed by atoms with Gasteiger partial charge >= 0.3 is 0 Å². The smallest absolute Gasteiger partial charge is 0.251 e. The number of aromatic nitrogens is 1. The third kappa shape index (κ3) is 4.63. The minimum absolute atomic E-state index is 0. The molecular weight excluding hydrogens is 187 g/mol. The first-order valence-corrected chi connectivity index (χ1v) is 5.21. The van der Waals surface area contributed by atoms with E-state index in [2.05, 4.69) is 10.3 Å². The molecule has 0 bridgehead atoms. The topological polar surface area (TPSA) is 42.0 Å². The molecule has 1 amide bonds. The van der Waals surface area contributed by atoms with Gasteiger partial charge in [0.15, 0.2) is 0 Å². The maximum absolute atomic E-state index is 11.3. The summed E-state index contributed by atoms with van der Waals surface area (Å²) in [5.41, 5.74) is 1.33. The van der Waals surface area contributed by atoms with Crippen LogP contribution in [0.25, 0.3) is 0 Å². The van der Waals surface area contributed by atoms with Crippen molar-refractivity contribution in [3.63, 3.8) is 0 Å². The number of pyridine rings is 1. The molecular formula is C11H19BN2O. The van der Waals surface area contributed by atoms with Crippen LogP contribution < -0.4 is 5.32 Å². The first-order valence-electron chi connectivity index (χ1n) is 5.21. The van der Waals surface area contributed by atoms with Gasteiger partial charge in [-0.25, -0.2) is 0 Å². The quantitative estimate of drug-likeness (QED) is 0.765. The Hall–Kier alpha value is -1.32. The summed E-state index contributed by atoms with van der Waals surface area (Å²) in [4.78, 5) is 15.3. The molecule has 0 fully saturated rings. The van der Waals surface area contributed by atoms with E-state index in [1.165, 1.54) is 0 Å². The number of amides is 1. The van der Waals surface area contributed by atoms with Crippen LogP contribution in [0.1, 0.15) is 38.2 Å². The molecule has 0 aliphatic heterocycles. The third-order valence-corrected chi connectivity index (χ3v) is 1.63. The van der Waals surface area contributed by atoms with Gasteiger partial charge in [-0.05, 0) is 25.4 Å². The van der Waals surface area contributed by atoms with Crippen LogP contribution in [-0.4, -0.2) is 25.3 Å². The van der Waals surface area contributed by atoms with E-state index in [1.54, 1.807) is 18.3 Å². The van der Waals surface area contributed by atoms with Crippen molar-refractivity contribution in [2.24, 2.45) is 0 Å². The number of hydrogen-bond donors (Lipinski definition) is 1. The largest absolute Gasteiger partial charge is 0.352 e. The average molecular weight is 206 g/mol. The second-order valence-electron chi connectivity index (χ2n) is 2.60. The normalized spacial score (nSPS) is 8.73. The summed E-state index contributed by atoms with van der Waals surface area (Å²) >= 11 is 0. The predicted molar refractivity (Wildman–Crippen MR) is 65.2 cm³/mol. The SMILES string of the molecule is CC.[B]Cc1cc(C(=O)NCC)ccn1.[HH]. The fourth-order valence-corrected chi connectivity index (χ4v) is 0.994. The van der Waals surface area contributed by atoms with E-state index < -0.39 is 0 Å². The lowest BCUT2D eigenvalue weighted by Gasteiger charge is -2.02. The van der Waals surface area contributed by atoms with Crippen molar-refractivity contribution in [3.8, 4) is 0 Å². The monoisotopic (exact) mass is 206 g/mol. The summed E-state index contributed by atoms with van der Waals surface area (Å²) in [6.45, 7) is 6.50. The molecule has 1 aromatic heterocycles. The fourth-order valence-electron chi connectivity index (χ4n) is 0.994. The molecule has 0 spiro atoms. The highest BCUT2D eigenvalue weighted by Crippen LogP contribution is 2.01. The summed E-state index contributed by atoms with van der Waals surface area (Å²) in [6.07, 6.45) is 1.94. The lowest BCUT2D eigenvalue weighted by Crippen LogP contribution is -2.22. The van der Waals surface area contributed by atoms with Gasteiger partial charge in [0.1, 0.15) is 0 Å². The van der Waals surface area contributed by atoms with E-state index in [0.717, 1.165) is 5.69 Å². The molecule has 0 saturated heterocycles. The minimum atomic E-state index is -0.0837. The van der Waals surface area contributed by atoms with E-state index >= 15 is 0 Å². The molecule has 0 aliphatic rings. The Kier molecular flexibility index (Phi) is 7.33. The van der Waals surface area contributed by atoms with Gasteiger partial charge in [0.2, 0.25) is 0 Å². The van der Waals surface area contributed by atoms with Crippen molar-refractivity contribution in [3.05, 3.63) is 29.6 Å². The van der Waals surface area contributed by atoms with Crippen LogP contribution in [-0.2, 0) is 6.32 Å². The Bertz CT molecular complexity index is 308. The third-order valence-electron chi connectivity index (χ3n) is 1.63. The number of nitrogens with one attached hydrogen (secondary N) is 1. The molecule has 0 atom stereocenters. The molecule has 0 aliphatic carbocycles. The summed E-state index contributed by atoms with van der Waals surface area (Å²) in [5.74, 6) is -0.0837. The van der Waals surface area contributed by atoms with Crippen molar-refractivity contribution < 1.29 is 6.22 Å². The maximum atomic E-state index is 11.3. The highest BCUT2D eigenvalue weighted by atomic mass is 16.1. The molecule has 1 rings (SSSR count). The number of carbonyl (C=O) groups excluding carboxylic acids is 1. The second kappa shape index (κ2) is 8.03. The van der Waals surface area contributed by atoms with Gasteiger partial charge in [-0.3, -0.25) is 9.78 Å². The summed E-state index contributed by atoms with van der Waals surface area (Å²) < 4.78 is 0. The molecule has 82 valence electrons. The van der Waals surface area contributed by atoms with Crippen LogP contribution in [0.4, 0.5) is 0 Å². The van der Waals surface area contributed by atoms with E-state index in [4.69, 9.17) is 7.85 Å². The second-order valence-corrected chi connectivity index (χ2v) is 2.60.